The predicted molar refractivity (Wildman–Crippen MR) is 108 cm³/mol. The minimum Gasteiger partial charge on any atom is -0.274 e. The molecule has 2 amide bonds. The fraction of sp³-hybridized carbons (Fsp3) is 0.375. The van der Waals surface area contributed by atoms with Crippen LogP contribution < -0.4 is 4.90 Å². The van der Waals surface area contributed by atoms with Gasteiger partial charge in [0, 0.05) is 4.90 Å². The Hall–Kier alpha value is 0.190. The Kier molecular flexibility index (Phi) is 4.39. The van der Waals surface area contributed by atoms with Crippen molar-refractivity contribution in [1.29, 1.82) is 0 Å². The van der Waals surface area contributed by atoms with Crippen molar-refractivity contribution in [1.82, 2.24) is 0 Å². The Balaban J connectivity index is 1.86. The van der Waals surface area contributed by atoms with Crippen molar-refractivity contribution in [2.24, 2.45) is 11.8 Å². The highest BCUT2D eigenvalue weighted by Gasteiger charge is 2.87. The lowest BCUT2D eigenvalue weighted by molar-refractivity contribution is -0.123. The second kappa shape index (κ2) is 5.85. The van der Waals surface area contributed by atoms with Crippen LogP contribution in [-0.2, 0) is 9.59 Å². The van der Waals surface area contributed by atoms with Crippen LogP contribution in [0.25, 0.3) is 0 Å². The van der Waals surface area contributed by atoms with Crippen LogP contribution in [0.2, 0.25) is 0 Å². The molecule has 3 aliphatic rings. The largest absolute Gasteiger partial charge is 0.274 e. The van der Waals surface area contributed by atoms with Crippen LogP contribution in [0.5, 0.6) is 0 Å². The van der Waals surface area contributed by atoms with E-state index in [4.69, 9.17) is 69.6 Å². The highest BCUT2D eigenvalue weighted by atomic mass is 35.5. The fourth-order valence-electron chi connectivity index (χ4n) is 3.98. The first-order valence-corrected chi connectivity index (χ1v) is 10.9. The minimum atomic E-state index is -1.91. The summed E-state index contributed by atoms with van der Waals surface area (Å²) in [6, 6.07) is 6.97. The lowest BCUT2D eigenvalue weighted by atomic mass is 9.84. The van der Waals surface area contributed by atoms with Gasteiger partial charge >= 0.3 is 0 Å². The number of amides is 2. The van der Waals surface area contributed by atoms with Crippen molar-refractivity contribution in [3.8, 4) is 0 Å². The van der Waals surface area contributed by atoms with Crippen molar-refractivity contribution in [3.63, 3.8) is 0 Å². The third-order valence-electron chi connectivity index (χ3n) is 5.24. The van der Waals surface area contributed by atoms with Gasteiger partial charge in [0.05, 0.1) is 27.6 Å². The first kappa shape index (κ1) is 19.5. The molecule has 2 fully saturated rings. The number of fused-ring (bicyclic) bond motifs is 5. The lowest BCUT2D eigenvalue weighted by Gasteiger charge is -2.34. The zero-order valence-electron chi connectivity index (χ0n) is 12.9. The highest BCUT2D eigenvalue weighted by Crippen LogP contribution is 2.77. The highest BCUT2D eigenvalue weighted by molar-refractivity contribution is 7.98. The minimum absolute atomic E-state index is 0.0946. The molecule has 0 aromatic heterocycles. The van der Waals surface area contributed by atoms with Gasteiger partial charge in [0.25, 0.3) is 0 Å². The third-order valence-corrected chi connectivity index (χ3v) is 10.2. The average Bonchev–Trinajstić information content (AvgIpc) is 3.00. The van der Waals surface area contributed by atoms with Crippen LogP contribution in [-0.4, -0.2) is 32.2 Å². The molecule has 1 aliphatic heterocycles. The van der Waals surface area contributed by atoms with E-state index in [1.807, 2.05) is 18.4 Å². The fourth-order valence-corrected chi connectivity index (χ4v) is 7.32. The third kappa shape index (κ3) is 1.93. The Labute approximate surface area is 183 Å². The molecule has 138 valence electrons. The maximum atomic E-state index is 13.1. The molecular weight excluding hydrogens is 483 g/mol. The second-order valence-corrected chi connectivity index (χ2v) is 10.4. The van der Waals surface area contributed by atoms with Gasteiger partial charge in [-0.15, -0.1) is 35.0 Å². The summed E-state index contributed by atoms with van der Waals surface area (Å²) in [5, 5.41) is -0.189. The van der Waals surface area contributed by atoms with Gasteiger partial charge < -0.3 is 0 Å². The van der Waals surface area contributed by atoms with Crippen molar-refractivity contribution in [2.75, 3.05) is 11.2 Å². The predicted octanol–water partition coefficient (Wildman–Crippen LogP) is 5.36. The lowest BCUT2D eigenvalue weighted by Crippen LogP contribution is -2.50. The number of anilines is 1. The number of halogens is 6. The summed E-state index contributed by atoms with van der Waals surface area (Å²) < 4.78 is -1.91. The Morgan fingerprint density at radius 3 is 1.69 bits per heavy atom. The van der Waals surface area contributed by atoms with E-state index in [0.717, 1.165) is 9.80 Å². The van der Waals surface area contributed by atoms with E-state index >= 15 is 0 Å². The normalized spacial score (nSPS) is 37.7. The maximum Gasteiger partial charge on any atom is 0.240 e. The molecule has 3 nitrogen and oxygen atoms in total. The zero-order valence-corrected chi connectivity index (χ0v) is 18.3. The molecule has 0 unspecified atom stereocenters. The van der Waals surface area contributed by atoms with E-state index < -0.39 is 37.7 Å². The van der Waals surface area contributed by atoms with Crippen LogP contribution >= 0.6 is 81.4 Å². The van der Waals surface area contributed by atoms with Gasteiger partial charge in [-0.2, -0.15) is 0 Å². The number of nitrogens with zero attached hydrogens (tertiary/aromatic N) is 1. The number of rotatable bonds is 2. The molecule has 2 aliphatic carbocycles. The number of thioether (sulfide) groups is 1. The second-order valence-electron chi connectivity index (χ2n) is 6.29. The molecule has 2 bridgehead atoms. The summed E-state index contributed by atoms with van der Waals surface area (Å²) >= 11 is 40.3. The number of alkyl halides is 4. The Morgan fingerprint density at radius 1 is 0.885 bits per heavy atom. The van der Waals surface area contributed by atoms with Gasteiger partial charge in [0.1, 0.15) is 9.75 Å². The number of imide groups is 1. The van der Waals surface area contributed by atoms with E-state index in [2.05, 4.69) is 0 Å². The summed E-state index contributed by atoms with van der Waals surface area (Å²) in [5.41, 5.74) is 0.411. The number of carbonyl (C=O) groups excluding carboxylic acids is 2. The molecular formula is C16H9Cl6NO2S. The van der Waals surface area contributed by atoms with Crippen molar-refractivity contribution < 1.29 is 9.59 Å². The summed E-state index contributed by atoms with van der Waals surface area (Å²) in [5.74, 6) is -3.33. The molecule has 0 radical (unpaired) electrons. The Morgan fingerprint density at radius 2 is 1.31 bits per heavy atom. The first-order valence-electron chi connectivity index (χ1n) is 7.38. The first-order chi connectivity index (χ1) is 12.0. The van der Waals surface area contributed by atoms with Crippen molar-refractivity contribution in [2.45, 2.75) is 19.0 Å². The zero-order chi connectivity index (χ0) is 19.2. The molecule has 26 heavy (non-hydrogen) atoms. The number of carbonyl (C=O) groups is 2. The van der Waals surface area contributed by atoms with E-state index in [0.29, 0.717) is 5.69 Å². The molecule has 0 spiro atoms. The van der Waals surface area contributed by atoms with Crippen LogP contribution in [0.4, 0.5) is 5.69 Å². The SMILES string of the molecule is CSc1ccc(N2C(=O)[C@H]3[C@H](C2=O)[C@]2(Cl)C(Cl)=C(Cl)[C@]3(Cl)C2(Cl)Cl)cc1. The van der Waals surface area contributed by atoms with E-state index in [-0.39, 0.29) is 10.1 Å². The van der Waals surface area contributed by atoms with Crippen molar-refractivity contribution in [3.05, 3.63) is 34.3 Å². The molecule has 1 aromatic carbocycles. The number of hydrogen-bond acceptors (Lipinski definition) is 3. The van der Waals surface area contributed by atoms with Crippen molar-refractivity contribution >= 4 is 98.9 Å². The van der Waals surface area contributed by atoms with Gasteiger partial charge in [0.2, 0.25) is 11.8 Å². The summed E-state index contributed by atoms with van der Waals surface area (Å²) in [4.78, 5) is 24.8. The van der Waals surface area contributed by atoms with Crippen LogP contribution in [0.3, 0.4) is 0 Å². The van der Waals surface area contributed by atoms with Gasteiger partial charge in [-0.3, -0.25) is 9.59 Å². The summed E-state index contributed by atoms with van der Waals surface area (Å²) in [7, 11) is 0. The van der Waals surface area contributed by atoms with E-state index in [9.17, 15) is 9.59 Å². The molecule has 1 saturated heterocycles. The van der Waals surface area contributed by atoms with Gasteiger partial charge in [-0.05, 0) is 30.5 Å². The topological polar surface area (TPSA) is 37.4 Å². The Bertz CT molecular complexity index is 841. The number of benzene rings is 1. The summed E-state index contributed by atoms with van der Waals surface area (Å²) in [6.45, 7) is 0. The quantitative estimate of drug-likeness (QED) is 0.317. The smallest absolute Gasteiger partial charge is 0.240 e. The molecule has 1 heterocycles. The van der Waals surface area contributed by atoms with Crippen LogP contribution in [0, 0.1) is 11.8 Å². The standard InChI is InChI=1S/C16H9Cl6NO2S/c1-26-7-4-2-6(3-5-7)23-12(24)8-9(13(23)25)15(20)11(18)10(17)14(8,19)16(15,21)22/h2-5,8-9H,1H3/t8-,9-,14+,15+/m1/s1. The molecule has 4 rings (SSSR count). The monoisotopic (exact) mass is 489 g/mol. The molecule has 4 atom stereocenters. The van der Waals surface area contributed by atoms with Gasteiger partial charge in [-0.1, -0.05) is 46.4 Å². The molecule has 0 N–H and O–H groups in total. The van der Waals surface area contributed by atoms with Gasteiger partial charge in [0.15, 0.2) is 4.33 Å². The molecule has 1 aromatic rings. The summed E-state index contributed by atoms with van der Waals surface area (Å²) in [6.07, 6.45) is 1.92. The van der Waals surface area contributed by atoms with E-state index in [1.54, 1.807) is 23.9 Å². The average molecular weight is 492 g/mol. The van der Waals surface area contributed by atoms with E-state index in [1.165, 1.54) is 0 Å². The number of hydrogen-bond donors (Lipinski definition) is 0. The van der Waals surface area contributed by atoms with Crippen LogP contribution in [0.1, 0.15) is 0 Å². The molecule has 1 saturated carbocycles. The molecule has 10 heteroatoms. The van der Waals surface area contributed by atoms with Crippen LogP contribution in [0.15, 0.2) is 39.2 Å². The maximum absolute atomic E-state index is 13.1. The van der Waals surface area contributed by atoms with Gasteiger partial charge in [-0.25, -0.2) is 4.90 Å². The number of allylic oxidation sites excluding steroid dienone is 2.